The van der Waals surface area contributed by atoms with E-state index < -0.39 is 4.92 Å². The minimum Gasteiger partial charge on any atom is -0.454 e. The number of thiazole rings is 1. The normalized spacial score (nSPS) is 13.7. The summed E-state index contributed by atoms with van der Waals surface area (Å²) >= 11 is 1.54. The smallest absolute Gasteiger partial charge is 0.280 e. The molecule has 3 aromatic rings. The number of likely N-dealkylation sites (N-methyl/N-ethyl adjacent to an activating group) is 1. The number of para-hydroxylation sites is 1. The van der Waals surface area contributed by atoms with Gasteiger partial charge in [-0.1, -0.05) is 12.1 Å². The maximum atomic E-state index is 12.7. The molecule has 0 unspecified atom stereocenters. The second-order valence-corrected chi connectivity index (χ2v) is 7.56. The second kappa shape index (κ2) is 7.51. The molecule has 1 amide bonds. The molecule has 2 heterocycles. The number of benzene rings is 2. The van der Waals surface area contributed by atoms with Gasteiger partial charge in [0.25, 0.3) is 5.69 Å². The Morgan fingerprint density at radius 1 is 1.31 bits per heavy atom. The fourth-order valence-corrected chi connectivity index (χ4v) is 4.01. The van der Waals surface area contributed by atoms with Gasteiger partial charge in [-0.25, -0.2) is 4.98 Å². The summed E-state index contributed by atoms with van der Waals surface area (Å²) in [5.74, 6) is 0.448. The van der Waals surface area contributed by atoms with Crippen LogP contribution in [0.4, 0.5) is 5.69 Å². The van der Waals surface area contributed by atoms with E-state index in [0.717, 1.165) is 15.2 Å². The first kappa shape index (κ1) is 18.9. The Balaban J connectivity index is 1.55. The maximum absolute atomic E-state index is 12.7. The van der Waals surface area contributed by atoms with Gasteiger partial charge in [0.15, 0.2) is 11.5 Å². The van der Waals surface area contributed by atoms with Crippen LogP contribution in [-0.2, 0) is 4.79 Å². The highest BCUT2D eigenvalue weighted by atomic mass is 32.1. The van der Waals surface area contributed by atoms with Crippen LogP contribution in [0.2, 0.25) is 0 Å². The summed E-state index contributed by atoms with van der Waals surface area (Å²) in [6.07, 6.45) is 2.73. The Morgan fingerprint density at radius 2 is 2.03 bits per heavy atom. The van der Waals surface area contributed by atoms with Crippen molar-refractivity contribution < 1.29 is 19.2 Å². The molecule has 8 nitrogen and oxygen atoms in total. The molecular formula is C20H17N3O5S. The molecule has 1 atom stereocenters. The third-order valence-corrected chi connectivity index (χ3v) is 5.93. The first-order valence-electron chi connectivity index (χ1n) is 8.82. The number of aromatic nitrogens is 1. The molecule has 1 aromatic heterocycles. The van der Waals surface area contributed by atoms with E-state index in [2.05, 4.69) is 4.98 Å². The Labute approximate surface area is 170 Å². The van der Waals surface area contributed by atoms with Crippen molar-refractivity contribution in [3.63, 3.8) is 0 Å². The van der Waals surface area contributed by atoms with Crippen LogP contribution in [0.15, 0.2) is 42.5 Å². The Hall–Kier alpha value is -3.46. The van der Waals surface area contributed by atoms with Gasteiger partial charge in [0.05, 0.1) is 32.8 Å². The van der Waals surface area contributed by atoms with Crippen molar-refractivity contribution in [1.82, 2.24) is 9.88 Å². The number of hydrogen-bond donors (Lipinski definition) is 0. The minimum atomic E-state index is -0.514. The van der Waals surface area contributed by atoms with Gasteiger partial charge in [-0.2, -0.15) is 0 Å². The number of nitro benzene ring substituents is 1. The molecule has 0 fully saturated rings. The number of ether oxygens (including phenoxy) is 2. The van der Waals surface area contributed by atoms with Crippen LogP contribution < -0.4 is 9.47 Å². The van der Waals surface area contributed by atoms with Crippen LogP contribution in [0.5, 0.6) is 11.5 Å². The average molecular weight is 411 g/mol. The molecule has 2 aromatic carbocycles. The SMILES string of the molecule is C[C@H](c1nc2ccccc2s1)N(C)C(=O)/C=C/c1cc2c(cc1[N+](=O)[O-])OCO2. The number of nitrogens with zero attached hydrogens (tertiary/aromatic N) is 3. The Kier molecular flexibility index (Phi) is 4.89. The summed E-state index contributed by atoms with van der Waals surface area (Å²) < 4.78 is 11.5. The second-order valence-electron chi connectivity index (χ2n) is 6.50. The summed E-state index contributed by atoms with van der Waals surface area (Å²) in [6.45, 7) is 1.91. The fourth-order valence-electron chi connectivity index (χ4n) is 2.94. The summed E-state index contributed by atoms with van der Waals surface area (Å²) in [7, 11) is 1.68. The lowest BCUT2D eigenvalue weighted by Gasteiger charge is -2.21. The lowest BCUT2D eigenvalue weighted by Crippen LogP contribution is -2.27. The molecular weight excluding hydrogens is 394 g/mol. The monoisotopic (exact) mass is 411 g/mol. The number of carbonyl (C=O) groups excluding carboxylic acids is 1. The van der Waals surface area contributed by atoms with E-state index in [1.54, 1.807) is 11.9 Å². The molecule has 0 saturated heterocycles. The van der Waals surface area contributed by atoms with Crippen molar-refractivity contribution >= 4 is 39.2 Å². The highest BCUT2D eigenvalue weighted by Gasteiger charge is 2.23. The zero-order valence-corrected chi connectivity index (χ0v) is 16.5. The van der Waals surface area contributed by atoms with E-state index in [9.17, 15) is 14.9 Å². The quantitative estimate of drug-likeness (QED) is 0.355. The van der Waals surface area contributed by atoms with Gasteiger partial charge < -0.3 is 14.4 Å². The number of rotatable bonds is 5. The first-order chi connectivity index (χ1) is 13.9. The highest BCUT2D eigenvalue weighted by Crippen LogP contribution is 2.38. The Morgan fingerprint density at radius 3 is 2.76 bits per heavy atom. The third kappa shape index (κ3) is 3.64. The summed E-state index contributed by atoms with van der Waals surface area (Å²) in [6, 6.07) is 10.4. The minimum absolute atomic E-state index is 0.0149. The molecule has 148 valence electrons. The van der Waals surface area contributed by atoms with Crippen LogP contribution in [0.25, 0.3) is 16.3 Å². The zero-order valence-electron chi connectivity index (χ0n) is 15.7. The largest absolute Gasteiger partial charge is 0.454 e. The van der Waals surface area contributed by atoms with Gasteiger partial charge in [0.1, 0.15) is 5.01 Å². The van der Waals surface area contributed by atoms with Crippen molar-refractivity contribution in [2.75, 3.05) is 13.8 Å². The van der Waals surface area contributed by atoms with Gasteiger partial charge in [-0.05, 0) is 31.2 Å². The van der Waals surface area contributed by atoms with Crippen molar-refractivity contribution in [3.05, 3.63) is 63.2 Å². The number of carbonyl (C=O) groups is 1. The molecule has 9 heteroatoms. The zero-order chi connectivity index (χ0) is 20.5. The topological polar surface area (TPSA) is 94.8 Å². The molecule has 0 bridgehead atoms. The van der Waals surface area contributed by atoms with Gasteiger partial charge in [0.2, 0.25) is 12.7 Å². The molecule has 0 aliphatic carbocycles. The lowest BCUT2D eigenvalue weighted by molar-refractivity contribution is -0.385. The number of fused-ring (bicyclic) bond motifs is 2. The van der Waals surface area contributed by atoms with Crippen molar-refractivity contribution in [2.45, 2.75) is 13.0 Å². The van der Waals surface area contributed by atoms with Crippen molar-refractivity contribution in [2.24, 2.45) is 0 Å². The fraction of sp³-hybridized carbons (Fsp3) is 0.200. The molecule has 0 radical (unpaired) electrons. The van der Waals surface area contributed by atoms with Crippen molar-refractivity contribution in [1.29, 1.82) is 0 Å². The Bertz CT molecular complexity index is 1110. The van der Waals surface area contributed by atoms with Crippen LogP contribution >= 0.6 is 11.3 Å². The third-order valence-electron chi connectivity index (χ3n) is 4.72. The number of hydrogen-bond acceptors (Lipinski definition) is 7. The number of nitro groups is 1. The molecule has 0 N–H and O–H groups in total. The maximum Gasteiger partial charge on any atom is 0.280 e. The average Bonchev–Trinajstić information content (AvgIpc) is 3.36. The van der Waals surface area contributed by atoms with Crippen LogP contribution in [0.1, 0.15) is 23.5 Å². The molecule has 0 spiro atoms. The van der Waals surface area contributed by atoms with Gasteiger partial charge in [-0.3, -0.25) is 14.9 Å². The predicted octanol–water partition coefficient (Wildman–Crippen LogP) is 4.17. The summed E-state index contributed by atoms with van der Waals surface area (Å²) in [5.41, 5.74) is 1.01. The molecule has 29 heavy (non-hydrogen) atoms. The first-order valence-corrected chi connectivity index (χ1v) is 9.64. The van der Waals surface area contributed by atoms with Crippen LogP contribution in [-0.4, -0.2) is 34.6 Å². The van der Waals surface area contributed by atoms with E-state index >= 15 is 0 Å². The highest BCUT2D eigenvalue weighted by molar-refractivity contribution is 7.18. The van der Waals surface area contributed by atoms with Crippen LogP contribution in [0, 0.1) is 10.1 Å². The van der Waals surface area contributed by atoms with Crippen LogP contribution in [0.3, 0.4) is 0 Å². The standard InChI is InChI=1S/C20H17N3O5S/c1-12(20-21-14-5-3-4-6-18(14)29-20)22(2)19(24)8-7-13-9-16-17(28-11-27-16)10-15(13)23(25)26/h3-10,12H,11H2,1-2H3/b8-7+/t12-/m1/s1. The molecule has 4 rings (SSSR count). The van der Waals surface area contributed by atoms with E-state index in [1.165, 1.54) is 35.6 Å². The van der Waals surface area contributed by atoms with Crippen molar-refractivity contribution in [3.8, 4) is 11.5 Å². The van der Waals surface area contributed by atoms with Gasteiger partial charge in [0, 0.05) is 13.1 Å². The number of amides is 1. The van der Waals surface area contributed by atoms with E-state index in [-0.39, 0.29) is 30.0 Å². The summed E-state index contributed by atoms with van der Waals surface area (Å²) in [5, 5.41) is 12.2. The van der Waals surface area contributed by atoms with Gasteiger partial charge >= 0.3 is 0 Å². The predicted molar refractivity (Wildman–Crippen MR) is 109 cm³/mol. The van der Waals surface area contributed by atoms with Gasteiger partial charge in [-0.15, -0.1) is 11.3 Å². The summed E-state index contributed by atoms with van der Waals surface area (Å²) in [4.78, 5) is 29.6. The molecule has 1 aliphatic rings. The van der Waals surface area contributed by atoms with E-state index in [0.29, 0.717) is 11.5 Å². The molecule has 0 saturated carbocycles. The van der Waals surface area contributed by atoms with E-state index in [1.807, 2.05) is 31.2 Å². The lowest BCUT2D eigenvalue weighted by atomic mass is 10.1. The van der Waals surface area contributed by atoms with E-state index in [4.69, 9.17) is 9.47 Å². The molecule has 1 aliphatic heterocycles.